The molecule has 0 atom stereocenters. The molecule has 0 aromatic heterocycles. The first kappa shape index (κ1) is 17.1. The number of amides is 2. The van der Waals surface area contributed by atoms with E-state index in [1.807, 2.05) is 0 Å². The van der Waals surface area contributed by atoms with E-state index >= 15 is 0 Å². The highest BCUT2D eigenvalue weighted by Crippen LogP contribution is 2.20. The molecule has 2 aromatic carbocycles. The van der Waals surface area contributed by atoms with Crippen molar-refractivity contribution in [3.8, 4) is 0 Å². The molecular weight excluding hydrogens is 315 g/mol. The standard InChI is InChI=1S/C17H15FN2O4/c1-10(21)19-13-7-8-14(18)15(9-13)20-16(22)11-3-5-12(6-4-11)17(23)24-2/h3-9H,1-2H3,(H,19,21)(H,20,22). The number of methoxy groups -OCH3 is 1. The average Bonchev–Trinajstić information content (AvgIpc) is 2.56. The lowest BCUT2D eigenvalue weighted by atomic mass is 10.1. The van der Waals surface area contributed by atoms with E-state index in [0.717, 1.165) is 6.07 Å². The van der Waals surface area contributed by atoms with Crippen molar-refractivity contribution >= 4 is 29.2 Å². The Bertz CT molecular complexity index is 788. The fourth-order valence-electron chi connectivity index (χ4n) is 1.97. The second-order valence-corrected chi connectivity index (χ2v) is 4.90. The fourth-order valence-corrected chi connectivity index (χ4v) is 1.97. The predicted octanol–water partition coefficient (Wildman–Crippen LogP) is 2.82. The number of esters is 1. The summed E-state index contributed by atoms with van der Waals surface area (Å²) in [5.74, 6) is -2.01. The van der Waals surface area contributed by atoms with Crippen molar-refractivity contribution in [3.63, 3.8) is 0 Å². The van der Waals surface area contributed by atoms with E-state index in [9.17, 15) is 18.8 Å². The molecule has 0 aliphatic heterocycles. The molecule has 0 saturated heterocycles. The van der Waals surface area contributed by atoms with Crippen LogP contribution in [0.25, 0.3) is 0 Å². The largest absolute Gasteiger partial charge is 0.465 e. The Labute approximate surface area is 137 Å². The normalized spacial score (nSPS) is 9.96. The van der Waals surface area contributed by atoms with Crippen molar-refractivity contribution < 1.29 is 23.5 Å². The number of halogens is 1. The van der Waals surface area contributed by atoms with Crippen molar-refractivity contribution in [2.45, 2.75) is 6.92 Å². The SMILES string of the molecule is COC(=O)c1ccc(C(=O)Nc2cc(NC(C)=O)ccc2F)cc1. The maximum absolute atomic E-state index is 13.8. The number of anilines is 2. The first-order chi connectivity index (χ1) is 11.4. The maximum atomic E-state index is 13.8. The molecule has 0 unspecified atom stereocenters. The van der Waals surface area contributed by atoms with Gasteiger partial charge in [-0.3, -0.25) is 9.59 Å². The van der Waals surface area contributed by atoms with Gasteiger partial charge in [0.1, 0.15) is 5.82 Å². The van der Waals surface area contributed by atoms with Crippen LogP contribution in [0.3, 0.4) is 0 Å². The zero-order chi connectivity index (χ0) is 17.7. The van der Waals surface area contributed by atoms with Crippen LogP contribution in [0, 0.1) is 5.82 Å². The third-order valence-electron chi connectivity index (χ3n) is 3.10. The molecule has 0 radical (unpaired) electrons. The molecule has 0 aliphatic rings. The Morgan fingerprint density at radius 3 is 2.17 bits per heavy atom. The van der Waals surface area contributed by atoms with Crippen LogP contribution in [-0.2, 0) is 9.53 Å². The molecule has 0 saturated carbocycles. The Morgan fingerprint density at radius 2 is 1.58 bits per heavy atom. The summed E-state index contributed by atoms with van der Waals surface area (Å²) in [7, 11) is 1.26. The number of hydrogen-bond donors (Lipinski definition) is 2. The molecule has 2 rings (SSSR count). The van der Waals surface area contributed by atoms with Gasteiger partial charge in [0, 0.05) is 18.2 Å². The maximum Gasteiger partial charge on any atom is 0.337 e. The fraction of sp³-hybridized carbons (Fsp3) is 0.118. The predicted molar refractivity (Wildman–Crippen MR) is 86.4 cm³/mol. The summed E-state index contributed by atoms with van der Waals surface area (Å²) >= 11 is 0. The quantitative estimate of drug-likeness (QED) is 0.844. The summed E-state index contributed by atoms with van der Waals surface area (Å²) < 4.78 is 18.4. The molecule has 0 heterocycles. The molecular formula is C17H15FN2O4. The molecule has 0 aliphatic carbocycles. The number of carbonyl (C=O) groups excluding carboxylic acids is 3. The van der Waals surface area contributed by atoms with Crippen LogP contribution >= 0.6 is 0 Å². The van der Waals surface area contributed by atoms with Gasteiger partial charge in [0.15, 0.2) is 0 Å². The number of rotatable bonds is 4. The summed E-state index contributed by atoms with van der Waals surface area (Å²) in [6.45, 7) is 1.32. The van der Waals surface area contributed by atoms with E-state index in [1.54, 1.807) is 0 Å². The summed E-state index contributed by atoms with van der Waals surface area (Å²) in [4.78, 5) is 34.6. The minimum absolute atomic E-state index is 0.0664. The van der Waals surface area contributed by atoms with Crippen LogP contribution < -0.4 is 10.6 Å². The van der Waals surface area contributed by atoms with E-state index in [4.69, 9.17) is 0 Å². The summed E-state index contributed by atoms with van der Waals surface area (Å²) in [6, 6.07) is 9.57. The molecule has 2 amide bonds. The minimum atomic E-state index is -0.636. The molecule has 6 nitrogen and oxygen atoms in total. The molecule has 0 spiro atoms. The highest BCUT2D eigenvalue weighted by Gasteiger charge is 2.12. The third-order valence-corrected chi connectivity index (χ3v) is 3.10. The second kappa shape index (κ2) is 7.36. The van der Waals surface area contributed by atoms with Crippen LogP contribution in [-0.4, -0.2) is 24.9 Å². The minimum Gasteiger partial charge on any atom is -0.465 e. The van der Waals surface area contributed by atoms with Gasteiger partial charge in [-0.05, 0) is 42.5 Å². The molecule has 24 heavy (non-hydrogen) atoms. The second-order valence-electron chi connectivity index (χ2n) is 4.90. The molecule has 7 heteroatoms. The van der Waals surface area contributed by atoms with E-state index in [2.05, 4.69) is 15.4 Å². The van der Waals surface area contributed by atoms with Gasteiger partial charge in [0.2, 0.25) is 5.91 Å². The lowest BCUT2D eigenvalue weighted by molar-refractivity contribution is -0.114. The molecule has 2 N–H and O–H groups in total. The van der Waals surface area contributed by atoms with Crippen LogP contribution in [0.1, 0.15) is 27.6 Å². The highest BCUT2D eigenvalue weighted by molar-refractivity contribution is 6.05. The number of benzene rings is 2. The Hall–Kier alpha value is -3.22. The van der Waals surface area contributed by atoms with Crippen molar-refractivity contribution in [2.24, 2.45) is 0 Å². The Morgan fingerprint density at radius 1 is 0.958 bits per heavy atom. The van der Waals surface area contributed by atoms with Gasteiger partial charge >= 0.3 is 5.97 Å². The van der Waals surface area contributed by atoms with Gasteiger partial charge in [0.05, 0.1) is 18.4 Å². The lowest BCUT2D eigenvalue weighted by Crippen LogP contribution is -2.14. The van der Waals surface area contributed by atoms with E-state index in [0.29, 0.717) is 11.3 Å². The Balaban J connectivity index is 2.17. The highest BCUT2D eigenvalue weighted by atomic mass is 19.1. The van der Waals surface area contributed by atoms with Gasteiger partial charge in [-0.25, -0.2) is 9.18 Å². The van der Waals surface area contributed by atoms with Crippen LogP contribution in [0.5, 0.6) is 0 Å². The van der Waals surface area contributed by atoms with E-state index < -0.39 is 17.7 Å². The first-order valence-electron chi connectivity index (χ1n) is 6.97. The van der Waals surface area contributed by atoms with Crippen molar-refractivity contribution in [3.05, 3.63) is 59.4 Å². The van der Waals surface area contributed by atoms with Crippen LogP contribution in [0.2, 0.25) is 0 Å². The van der Waals surface area contributed by atoms with Gasteiger partial charge in [-0.15, -0.1) is 0 Å². The van der Waals surface area contributed by atoms with E-state index in [-0.39, 0.29) is 17.2 Å². The van der Waals surface area contributed by atoms with Gasteiger partial charge in [-0.1, -0.05) is 0 Å². The third kappa shape index (κ3) is 4.16. The zero-order valence-corrected chi connectivity index (χ0v) is 13.1. The summed E-state index contributed by atoms with van der Waals surface area (Å²) in [5, 5.41) is 4.92. The molecule has 0 bridgehead atoms. The number of nitrogens with one attached hydrogen (secondary N) is 2. The van der Waals surface area contributed by atoms with Crippen molar-refractivity contribution in [1.82, 2.24) is 0 Å². The smallest absolute Gasteiger partial charge is 0.337 e. The Kier molecular flexibility index (Phi) is 5.26. The molecule has 0 fully saturated rings. The van der Waals surface area contributed by atoms with Gasteiger partial charge in [-0.2, -0.15) is 0 Å². The topological polar surface area (TPSA) is 84.5 Å². The summed E-state index contributed by atoms with van der Waals surface area (Å²) in [5.41, 5.74) is 0.836. The first-order valence-corrected chi connectivity index (χ1v) is 6.97. The van der Waals surface area contributed by atoms with Gasteiger partial charge < -0.3 is 15.4 Å². The molecule has 2 aromatic rings. The average molecular weight is 330 g/mol. The monoisotopic (exact) mass is 330 g/mol. The van der Waals surface area contributed by atoms with Crippen molar-refractivity contribution in [1.29, 1.82) is 0 Å². The lowest BCUT2D eigenvalue weighted by Gasteiger charge is -2.09. The number of carbonyl (C=O) groups is 3. The summed E-state index contributed by atoms with van der Waals surface area (Å²) in [6.07, 6.45) is 0. The number of hydrogen-bond acceptors (Lipinski definition) is 4. The van der Waals surface area contributed by atoms with Gasteiger partial charge in [0.25, 0.3) is 5.91 Å². The van der Waals surface area contributed by atoms with E-state index in [1.165, 1.54) is 50.4 Å². The van der Waals surface area contributed by atoms with Crippen LogP contribution in [0.15, 0.2) is 42.5 Å². The van der Waals surface area contributed by atoms with Crippen LogP contribution in [0.4, 0.5) is 15.8 Å². The number of ether oxygens (including phenoxy) is 1. The van der Waals surface area contributed by atoms with Crippen molar-refractivity contribution in [2.75, 3.05) is 17.7 Å². The zero-order valence-electron chi connectivity index (χ0n) is 13.1. The molecule has 124 valence electrons.